The summed E-state index contributed by atoms with van der Waals surface area (Å²) >= 11 is 3.21. The summed E-state index contributed by atoms with van der Waals surface area (Å²) in [5, 5.41) is 2.63. The lowest BCUT2D eigenvalue weighted by molar-refractivity contribution is 0.0943. The molecule has 0 heterocycles. The molecule has 110 valence electrons. The SMILES string of the molecule is Cc1cccc(OCCNC(=O)c2cc(Br)ccc2F)c1. The van der Waals surface area contributed by atoms with Crippen LogP contribution in [-0.2, 0) is 0 Å². The topological polar surface area (TPSA) is 38.3 Å². The zero-order valence-electron chi connectivity index (χ0n) is 11.5. The average molecular weight is 352 g/mol. The highest BCUT2D eigenvalue weighted by molar-refractivity contribution is 9.10. The second kappa shape index (κ2) is 7.22. The van der Waals surface area contributed by atoms with E-state index >= 15 is 0 Å². The highest BCUT2D eigenvalue weighted by Crippen LogP contribution is 2.15. The van der Waals surface area contributed by atoms with E-state index in [-0.39, 0.29) is 5.56 Å². The molecule has 0 aliphatic heterocycles. The van der Waals surface area contributed by atoms with Gasteiger partial charge in [-0.25, -0.2) is 4.39 Å². The Kier molecular flexibility index (Phi) is 5.33. The number of rotatable bonds is 5. The Morgan fingerprint density at radius 1 is 1.29 bits per heavy atom. The predicted octanol–water partition coefficient (Wildman–Crippen LogP) is 3.71. The van der Waals surface area contributed by atoms with E-state index in [2.05, 4.69) is 21.2 Å². The van der Waals surface area contributed by atoms with Crippen molar-refractivity contribution in [3.63, 3.8) is 0 Å². The standard InChI is InChI=1S/C16H15BrFNO2/c1-11-3-2-4-13(9-11)21-8-7-19-16(20)14-10-12(17)5-6-15(14)18/h2-6,9-10H,7-8H2,1H3,(H,19,20). The van der Waals surface area contributed by atoms with Gasteiger partial charge in [0.05, 0.1) is 12.1 Å². The molecule has 2 rings (SSSR count). The molecule has 0 aliphatic carbocycles. The number of benzene rings is 2. The van der Waals surface area contributed by atoms with E-state index in [1.165, 1.54) is 12.1 Å². The first kappa shape index (κ1) is 15.5. The second-order valence-corrected chi connectivity index (χ2v) is 5.46. The Balaban J connectivity index is 1.83. The van der Waals surface area contributed by atoms with Gasteiger partial charge in [0, 0.05) is 4.47 Å². The van der Waals surface area contributed by atoms with Crippen LogP contribution in [0.2, 0.25) is 0 Å². The quantitative estimate of drug-likeness (QED) is 0.834. The molecule has 0 fully saturated rings. The molecule has 1 N–H and O–H groups in total. The summed E-state index contributed by atoms with van der Waals surface area (Å²) in [6.45, 7) is 2.61. The van der Waals surface area contributed by atoms with Crippen molar-refractivity contribution < 1.29 is 13.9 Å². The molecule has 0 aliphatic rings. The number of nitrogens with one attached hydrogen (secondary N) is 1. The van der Waals surface area contributed by atoms with Gasteiger partial charge in [-0.1, -0.05) is 28.1 Å². The molecule has 0 radical (unpaired) electrons. The Morgan fingerprint density at radius 3 is 2.86 bits per heavy atom. The molecular weight excluding hydrogens is 337 g/mol. The minimum atomic E-state index is -0.546. The van der Waals surface area contributed by atoms with E-state index in [0.717, 1.165) is 11.3 Å². The van der Waals surface area contributed by atoms with E-state index in [0.29, 0.717) is 17.6 Å². The first-order chi connectivity index (χ1) is 10.1. The molecule has 21 heavy (non-hydrogen) atoms. The van der Waals surface area contributed by atoms with Gasteiger partial charge >= 0.3 is 0 Å². The van der Waals surface area contributed by atoms with Gasteiger partial charge in [0.15, 0.2) is 0 Å². The van der Waals surface area contributed by atoms with Crippen molar-refractivity contribution in [1.82, 2.24) is 5.32 Å². The van der Waals surface area contributed by atoms with Crippen molar-refractivity contribution in [3.05, 3.63) is 63.9 Å². The minimum absolute atomic E-state index is 0.0138. The van der Waals surface area contributed by atoms with Crippen LogP contribution in [-0.4, -0.2) is 19.1 Å². The zero-order chi connectivity index (χ0) is 15.2. The summed E-state index contributed by atoms with van der Waals surface area (Å²) in [5.74, 6) is -0.255. The number of hydrogen-bond donors (Lipinski definition) is 1. The number of hydrogen-bond acceptors (Lipinski definition) is 2. The summed E-state index contributed by atoms with van der Waals surface area (Å²) in [7, 11) is 0. The minimum Gasteiger partial charge on any atom is -0.492 e. The summed E-state index contributed by atoms with van der Waals surface area (Å²) in [5.41, 5.74) is 1.12. The monoisotopic (exact) mass is 351 g/mol. The van der Waals surface area contributed by atoms with Crippen molar-refractivity contribution in [1.29, 1.82) is 0 Å². The summed E-state index contributed by atoms with van der Waals surface area (Å²) in [4.78, 5) is 11.9. The maximum absolute atomic E-state index is 13.5. The third-order valence-electron chi connectivity index (χ3n) is 2.82. The van der Waals surface area contributed by atoms with Gasteiger partial charge in [-0.3, -0.25) is 4.79 Å². The molecule has 0 saturated heterocycles. The molecule has 1 amide bonds. The number of amides is 1. The normalized spacial score (nSPS) is 10.2. The summed E-state index contributed by atoms with van der Waals surface area (Å²) in [6, 6.07) is 11.9. The Bertz CT molecular complexity index is 646. The fraction of sp³-hybridized carbons (Fsp3) is 0.188. The van der Waals surface area contributed by atoms with E-state index in [1.54, 1.807) is 6.07 Å². The highest BCUT2D eigenvalue weighted by atomic mass is 79.9. The highest BCUT2D eigenvalue weighted by Gasteiger charge is 2.11. The lowest BCUT2D eigenvalue weighted by Gasteiger charge is -2.09. The van der Waals surface area contributed by atoms with Crippen LogP contribution in [0.15, 0.2) is 46.9 Å². The van der Waals surface area contributed by atoms with Crippen LogP contribution in [0, 0.1) is 12.7 Å². The van der Waals surface area contributed by atoms with Crippen LogP contribution < -0.4 is 10.1 Å². The predicted molar refractivity (Wildman–Crippen MR) is 83.1 cm³/mol. The van der Waals surface area contributed by atoms with Gasteiger partial charge in [-0.2, -0.15) is 0 Å². The van der Waals surface area contributed by atoms with Crippen LogP contribution in [0.3, 0.4) is 0 Å². The maximum atomic E-state index is 13.5. The largest absolute Gasteiger partial charge is 0.492 e. The third kappa shape index (κ3) is 4.56. The van der Waals surface area contributed by atoms with E-state index in [1.807, 2.05) is 31.2 Å². The molecule has 2 aromatic carbocycles. The van der Waals surface area contributed by atoms with Gasteiger partial charge in [0.25, 0.3) is 5.91 Å². The number of carbonyl (C=O) groups is 1. The molecule has 0 aromatic heterocycles. The van der Waals surface area contributed by atoms with E-state index in [4.69, 9.17) is 4.74 Å². The van der Waals surface area contributed by atoms with Crippen LogP contribution in [0.4, 0.5) is 4.39 Å². The number of aryl methyl sites for hydroxylation is 1. The second-order valence-electron chi connectivity index (χ2n) is 4.55. The fourth-order valence-corrected chi connectivity index (χ4v) is 2.17. The smallest absolute Gasteiger partial charge is 0.254 e. The molecule has 5 heteroatoms. The number of halogens is 2. The van der Waals surface area contributed by atoms with Gasteiger partial charge < -0.3 is 10.1 Å². The maximum Gasteiger partial charge on any atom is 0.254 e. The van der Waals surface area contributed by atoms with Crippen LogP contribution in [0.1, 0.15) is 15.9 Å². The molecule has 3 nitrogen and oxygen atoms in total. The summed E-state index contributed by atoms with van der Waals surface area (Å²) in [6.07, 6.45) is 0. The van der Waals surface area contributed by atoms with Gasteiger partial charge in [0.1, 0.15) is 18.2 Å². The number of ether oxygens (including phenoxy) is 1. The van der Waals surface area contributed by atoms with E-state index < -0.39 is 11.7 Å². The van der Waals surface area contributed by atoms with Crippen molar-refractivity contribution in [2.24, 2.45) is 0 Å². The molecular formula is C16H15BrFNO2. The van der Waals surface area contributed by atoms with Crippen molar-refractivity contribution in [2.75, 3.05) is 13.2 Å². The lowest BCUT2D eigenvalue weighted by Crippen LogP contribution is -2.28. The van der Waals surface area contributed by atoms with Gasteiger partial charge in [-0.15, -0.1) is 0 Å². The first-order valence-electron chi connectivity index (χ1n) is 6.49. The Hall–Kier alpha value is -1.88. The molecule has 0 unspecified atom stereocenters. The number of carbonyl (C=O) groups excluding carboxylic acids is 1. The Labute approximate surface area is 131 Å². The van der Waals surface area contributed by atoms with Crippen LogP contribution in [0.5, 0.6) is 5.75 Å². The van der Waals surface area contributed by atoms with Crippen LogP contribution in [0.25, 0.3) is 0 Å². The summed E-state index contributed by atoms with van der Waals surface area (Å²) < 4.78 is 19.7. The van der Waals surface area contributed by atoms with Crippen molar-refractivity contribution in [3.8, 4) is 5.75 Å². The Morgan fingerprint density at radius 2 is 2.10 bits per heavy atom. The molecule has 0 bridgehead atoms. The third-order valence-corrected chi connectivity index (χ3v) is 3.31. The van der Waals surface area contributed by atoms with Crippen LogP contribution >= 0.6 is 15.9 Å². The molecule has 2 aromatic rings. The molecule has 0 spiro atoms. The molecule has 0 atom stereocenters. The fourth-order valence-electron chi connectivity index (χ4n) is 1.81. The van der Waals surface area contributed by atoms with Crippen molar-refractivity contribution >= 4 is 21.8 Å². The molecule has 0 saturated carbocycles. The van der Waals surface area contributed by atoms with Gasteiger partial charge in [0.2, 0.25) is 0 Å². The van der Waals surface area contributed by atoms with E-state index in [9.17, 15) is 9.18 Å². The zero-order valence-corrected chi connectivity index (χ0v) is 13.1. The van der Waals surface area contributed by atoms with Crippen molar-refractivity contribution in [2.45, 2.75) is 6.92 Å². The lowest BCUT2D eigenvalue weighted by atomic mass is 10.2. The average Bonchev–Trinajstić information content (AvgIpc) is 2.46. The van der Waals surface area contributed by atoms with Gasteiger partial charge in [-0.05, 0) is 42.8 Å². The first-order valence-corrected chi connectivity index (χ1v) is 7.28.